The Kier molecular flexibility index (Phi) is 4.27. The van der Waals surface area contributed by atoms with E-state index in [1.165, 1.54) is 17.9 Å². The maximum absolute atomic E-state index is 12.3. The molecule has 1 fully saturated rings. The van der Waals surface area contributed by atoms with E-state index in [-0.39, 0.29) is 13.1 Å². The molecule has 0 aromatic carbocycles. The standard InChI is InChI=1S/C15H22N6O3/c1-18-6-4-5-11(18)16-7-10(22)8-21-9-17-13-12(21)14(23)20(3)15(24)19(13)2/h9-10,22H,4-8H2,1-3H3. The van der Waals surface area contributed by atoms with Crippen LogP contribution in [0.25, 0.3) is 11.2 Å². The molecule has 0 spiro atoms. The molecule has 1 atom stereocenters. The van der Waals surface area contributed by atoms with E-state index in [0.29, 0.717) is 11.2 Å². The van der Waals surface area contributed by atoms with Crippen molar-refractivity contribution < 1.29 is 5.11 Å². The van der Waals surface area contributed by atoms with Crippen LogP contribution in [0.4, 0.5) is 0 Å². The van der Waals surface area contributed by atoms with E-state index in [0.717, 1.165) is 29.8 Å². The molecule has 1 unspecified atom stereocenters. The molecule has 1 aliphatic heterocycles. The van der Waals surface area contributed by atoms with Crippen molar-refractivity contribution in [2.45, 2.75) is 25.5 Å². The summed E-state index contributed by atoms with van der Waals surface area (Å²) in [5.74, 6) is 1.00. The predicted molar refractivity (Wildman–Crippen MR) is 90.4 cm³/mol. The summed E-state index contributed by atoms with van der Waals surface area (Å²) in [5.41, 5.74) is -0.213. The first-order valence-corrected chi connectivity index (χ1v) is 7.93. The van der Waals surface area contributed by atoms with Gasteiger partial charge in [0.05, 0.1) is 31.4 Å². The number of nitrogens with zero attached hydrogens (tertiary/aromatic N) is 6. The van der Waals surface area contributed by atoms with Crippen molar-refractivity contribution in [3.05, 3.63) is 27.2 Å². The van der Waals surface area contributed by atoms with Gasteiger partial charge < -0.3 is 14.6 Å². The lowest BCUT2D eigenvalue weighted by Crippen LogP contribution is -2.38. The topological polar surface area (TPSA) is 97.7 Å². The van der Waals surface area contributed by atoms with Crippen LogP contribution in [0.5, 0.6) is 0 Å². The highest BCUT2D eigenvalue weighted by Crippen LogP contribution is 2.10. The van der Waals surface area contributed by atoms with Gasteiger partial charge in [-0.15, -0.1) is 0 Å². The van der Waals surface area contributed by atoms with E-state index in [4.69, 9.17) is 0 Å². The van der Waals surface area contributed by atoms with Gasteiger partial charge in [0.25, 0.3) is 5.56 Å². The van der Waals surface area contributed by atoms with Gasteiger partial charge in [0.15, 0.2) is 11.2 Å². The zero-order valence-electron chi connectivity index (χ0n) is 14.1. The average Bonchev–Trinajstić information content (AvgIpc) is 3.15. The molecule has 3 heterocycles. The van der Waals surface area contributed by atoms with Crippen LogP contribution < -0.4 is 11.2 Å². The van der Waals surface area contributed by atoms with Crippen molar-refractivity contribution in [2.24, 2.45) is 19.1 Å². The second kappa shape index (κ2) is 6.23. The fourth-order valence-corrected chi connectivity index (χ4v) is 3.02. The molecular formula is C15H22N6O3. The largest absolute Gasteiger partial charge is 0.389 e. The molecule has 3 rings (SSSR count). The van der Waals surface area contributed by atoms with Crippen LogP contribution >= 0.6 is 0 Å². The highest BCUT2D eigenvalue weighted by molar-refractivity contribution is 5.83. The summed E-state index contributed by atoms with van der Waals surface area (Å²) in [7, 11) is 4.99. The Morgan fingerprint density at radius 3 is 2.71 bits per heavy atom. The summed E-state index contributed by atoms with van der Waals surface area (Å²) < 4.78 is 3.95. The summed E-state index contributed by atoms with van der Waals surface area (Å²) in [5, 5.41) is 10.3. The SMILES string of the molecule is CN1CCCC1=NCC(O)Cn1cnc2c1c(=O)n(C)c(=O)n2C. The number of hydrogen-bond donors (Lipinski definition) is 1. The number of aliphatic hydroxyl groups is 1. The molecule has 24 heavy (non-hydrogen) atoms. The zero-order chi connectivity index (χ0) is 17.4. The molecule has 0 bridgehead atoms. The molecule has 2 aromatic rings. The van der Waals surface area contributed by atoms with E-state index >= 15 is 0 Å². The summed E-state index contributed by atoms with van der Waals surface area (Å²) in [6.07, 6.45) is 2.76. The van der Waals surface area contributed by atoms with Gasteiger partial charge in [-0.3, -0.25) is 18.9 Å². The van der Waals surface area contributed by atoms with Gasteiger partial charge in [0.2, 0.25) is 0 Å². The summed E-state index contributed by atoms with van der Waals surface area (Å²) in [6.45, 7) is 1.46. The van der Waals surface area contributed by atoms with Crippen molar-refractivity contribution in [3.8, 4) is 0 Å². The Morgan fingerprint density at radius 1 is 1.29 bits per heavy atom. The summed E-state index contributed by atoms with van der Waals surface area (Å²) in [6, 6.07) is 0. The van der Waals surface area contributed by atoms with Crippen LogP contribution in [0.15, 0.2) is 20.9 Å². The molecule has 9 heteroatoms. The normalized spacial score (nSPS) is 18.0. The highest BCUT2D eigenvalue weighted by Gasteiger charge is 2.17. The molecule has 1 saturated heterocycles. The number of amidine groups is 1. The first kappa shape index (κ1) is 16.4. The Morgan fingerprint density at radius 2 is 2.04 bits per heavy atom. The van der Waals surface area contributed by atoms with Crippen molar-refractivity contribution >= 4 is 17.0 Å². The van der Waals surface area contributed by atoms with Crippen molar-refractivity contribution in [3.63, 3.8) is 0 Å². The molecular weight excluding hydrogens is 312 g/mol. The number of rotatable bonds is 4. The van der Waals surface area contributed by atoms with Gasteiger partial charge in [-0.1, -0.05) is 0 Å². The van der Waals surface area contributed by atoms with E-state index in [2.05, 4.69) is 14.9 Å². The lowest BCUT2D eigenvalue weighted by atomic mass is 10.3. The average molecular weight is 334 g/mol. The van der Waals surface area contributed by atoms with Crippen molar-refractivity contribution in [1.82, 2.24) is 23.6 Å². The monoisotopic (exact) mass is 334 g/mol. The maximum Gasteiger partial charge on any atom is 0.332 e. The summed E-state index contributed by atoms with van der Waals surface area (Å²) >= 11 is 0. The molecule has 130 valence electrons. The quantitative estimate of drug-likeness (QED) is 0.767. The minimum atomic E-state index is -0.731. The third-order valence-electron chi connectivity index (χ3n) is 4.44. The summed E-state index contributed by atoms with van der Waals surface area (Å²) in [4.78, 5) is 35.0. The number of aromatic nitrogens is 4. The Labute approximate surface area is 138 Å². The molecule has 9 nitrogen and oxygen atoms in total. The fourth-order valence-electron chi connectivity index (χ4n) is 3.02. The Hall–Kier alpha value is -2.42. The van der Waals surface area contributed by atoms with Gasteiger partial charge >= 0.3 is 5.69 Å². The van der Waals surface area contributed by atoms with Crippen molar-refractivity contribution in [1.29, 1.82) is 0 Å². The minimum absolute atomic E-state index is 0.199. The molecule has 0 aliphatic carbocycles. The van der Waals surface area contributed by atoms with E-state index in [1.807, 2.05) is 7.05 Å². The number of aryl methyl sites for hydroxylation is 1. The van der Waals surface area contributed by atoms with Gasteiger partial charge in [-0.25, -0.2) is 9.78 Å². The molecule has 0 amide bonds. The van der Waals surface area contributed by atoms with Gasteiger partial charge in [-0.05, 0) is 6.42 Å². The second-order valence-corrected chi connectivity index (χ2v) is 6.21. The van der Waals surface area contributed by atoms with Gasteiger partial charge in [0, 0.05) is 34.1 Å². The predicted octanol–water partition coefficient (Wildman–Crippen LogP) is -1.08. The molecule has 1 aliphatic rings. The second-order valence-electron chi connectivity index (χ2n) is 6.21. The first-order chi connectivity index (χ1) is 11.4. The maximum atomic E-state index is 12.3. The minimum Gasteiger partial charge on any atom is -0.389 e. The molecule has 1 N–H and O–H groups in total. The lowest BCUT2D eigenvalue weighted by Gasteiger charge is -2.14. The van der Waals surface area contributed by atoms with Crippen LogP contribution in [0.1, 0.15) is 12.8 Å². The number of imidazole rings is 1. The highest BCUT2D eigenvalue weighted by atomic mass is 16.3. The number of aliphatic hydroxyl groups excluding tert-OH is 1. The first-order valence-electron chi connectivity index (χ1n) is 7.93. The van der Waals surface area contributed by atoms with Crippen LogP contribution in [-0.4, -0.2) is 60.8 Å². The number of hydrogen-bond acceptors (Lipinski definition) is 5. The van der Waals surface area contributed by atoms with E-state index < -0.39 is 17.4 Å². The molecule has 2 aromatic heterocycles. The van der Waals surface area contributed by atoms with Gasteiger partial charge in [-0.2, -0.15) is 0 Å². The zero-order valence-corrected chi connectivity index (χ0v) is 14.1. The van der Waals surface area contributed by atoms with Gasteiger partial charge in [0.1, 0.15) is 0 Å². The molecule has 0 radical (unpaired) electrons. The molecule has 0 saturated carbocycles. The number of aliphatic imine (C=N–C) groups is 1. The number of fused-ring (bicyclic) bond motifs is 1. The third-order valence-corrected chi connectivity index (χ3v) is 4.44. The third kappa shape index (κ3) is 2.75. The van der Waals surface area contributed by atoms with E-state index in [1.54, 1.807) is 11.6 Å². The smallest absolute Gasteiger partial charge is 0.332 e. The Bertz CT molecular complexity index is 906. The Balaban J connectivity index is 1.86. The lowest BCUT2D eigenvalue weighted by molar-refractivity contribution is 0.163. The fraction of sp³-hybridized carbons (Fsp3) is 0.600. The van der Waals surface area contributed by atoms with E-state index in [9.17, 15) is 14.7 Å². The van der Waals surface area contributed by atoms with Crippen LogP contribution in [0.3, 0.4) is 0 Å². The number of likely N-dealkylation sites (tertiary alicyclic amines) is 1. The van der Waals surface area contributed by atoms with Crippen molar-refractivity contribution in [2.75, 3.05) is 20.1 Å². The van der Waals surface area contributed by atoms with Crippen LogP contribution in [0, 0.1) is 0 Å². The van der Waals surface area contributed by atoms with Crippen LogP contribution in [0.2, 0.25) is 0 Å². The van der Waals surface area contributed by atoms with Crippen LogP contribution in [-0.2, 0) is 20.6 Å².